The number of phosphoric ester groups is 1. The van der Waals surface area contributed by atoms with Gasteiger partial charge < -0.3 is 41.2 Å². The molecular formula is C20H22N13O10P. The number of nitrogen functional groups attached to an aromatic ring is 2. The van der Waals surface area contributed by atoms with E-state index < -0.39 is 74.6 Å². The Labute approximate surface area is 242 Å². The van der Waals surface area contributed by atoms with E-state index in [1.807, 2.05) is 0 Å². The van der Waals surface area contributed by atoms with Crippen LogP contribution in [-0.4, -0.2) is 108 Å². The van der Waals surface area contributed by atoms with Gasteiger partial charge in [-0.2, -0.15) is 4.98 Å². The molecule has 0 aromatic carbocycles. The van der Waals surface area contributed by atoms with Crippen molar-refractivity contribution < 1.29 is 43.3 Å². The molecule has 0 radical (unpaired) electrons. The van der Waals surface area contributed by atoms with Crippen LogP contribution in [0.15, 0.2) is 28.9 Å². The molecule has 10 atom stereocenters. The van der Waals surface area contributed by atoms with Crippen LogP contribution >= 0.6 is 7.82 Å². The standard InChI is InChI=1S/C20H22N13O10P/c21-13-7-14(25-2-24-13)32(3-26-7)18-10(35)20(37)11(41-18)12(20)43-44(38,39)42-9-6(30-31-23)5(1-34)40-17(9)33-4-27-8-15(33)28-19(22)29-16(8)36/h2-6,9-12,17-18,34-35,37H,1H2,(H,38,39)(H2,21,24,25)(H3,22,28,29,36)/t5-,6?,9-,10+,11-,12?,17-,18-,20+/m1/s1. The molecule has 7 rings (SSSR count). The Kier molecular flexibility index (Phi) is 6.39. The van der Waals surface area contributed by atoms with Crippen molar-refractivity contribution in [3.8, 4) is 0 Å². The molecule has 23 nitrogen and oxygen atoms in total. The van der Waals surface area contributed by atoms with Crippen LogP contribution in [0, 0.1) is 0 Å². The van der Waals surface area contributed by atoms with Crippen molar-refractivity contribution >= 4 is 41.9 Å². The van der Waals surface area contributed by atoms with Crippen molar-refractivity contribution in [1.29, 1.82) is 0 Å². The molecule has 0 bridgehead atoms. The lowest BCUT2D eigenvalue weighted by molar-refractivity contribution is -0.0964. The maximum Gasteiger partial charge on any atom is 0.473 e. The Bertz CT molecular complexity index is 1940. The predicted octanol–water partition coefficient (Wildman–Crippen LogP) is -2.43. The number of nitrogens with zero attached hydrogens (tertiary/aromatic N) is 10. The van der Waals surface area contributed by atoms with Gasteiger partial charge in [0.2, 0.25) is 5.95 Å². The molecule has 4 aromatic heterocycles. The van der Waals surface area contributed by atoms with E-state index in [1.54, 1.807) is 0 Å². The molecule has 0 spiro atoms. The highest BCUT2D eigenvalue weighted by Gasteiger charge is 2.79. The molecule has 232 valence electrons. The van der Waals surface area contributed by atoms with Crippen LogP contribution in [0.1, 0.15) is 12.5 Å². The van der Waals surface area contributed by atoms with Gasteiger partial charge in [0.25, 0.3) is 5.56 Å². The zero-order valence-corrected chi connectivity index (χ0v) is 22.8. The second-order valence-electron chi connectivity index (χ2n) is 10.1. The summed E-state index contributed by atoms with van der Waals surface area (Å²) in [6.07, 6.45) is -6.47. The molecule has 2 aliphatic heterocycles. The van der Waals surface area contributed by atoms with E-state index >= 15 is 0 Å². The van der Waals surface area contributed by atoms with Gasteiger partial charge in [-0.1, -0.05) is 5.11 Å². The first kappa shape index (κ1) is 28.5. The average Bonchev–Trinajstić information content (AvgIpc) is 3.50. The number of nitrogens with one attached hydrogen (secondary N) is 1. The number of rotatable bonds is 8. The number of fused-ring (bicyclic) bond motifs is 3. The number of ether oxygens (including phenoxy) is 2. The maximum atomic E-state index is 13.3. The highest BCUT2D eigenvalue weighted by molar-refractivity contribution is 7.47. The third kappa shape index (κ3) is 4.15. The van der Waals surface area contributed by atoms with Gasteiger partial charge in [-0.05, 0) is 5.53 Å². The van der Waals surface area contributed by atoms with Gasteiger partial charge in [0.05, 0.1) is 31.4 Å². The van der Waals surface area contributed by atoms with Crippen LogP contribution in [0.4, 0.5) is 11.8 Å². The number of azide groups is 1. The van der Waals surface area contributed by atoms with Gasteiger partial charge >= 0.3 is 7.82 Å². The summed E-state index contributed by atoms with van der Waals surface area (Å²) in [4.78, 5) is 48.0. The summed E-state index contributed by atoms with van der Waals surface area (Å²) < 4.78 is 37.9. The summed E-state index contributed by atoms with van der Waals surface area (Å²) in [7, 11) is -5.20. The van der Waals surface area contributed by atoms with Gasteiger partial charge in [-0.3, -0.25) is 28.0 Å². The third-order valence-electron chi connectivity index (χ3n) is 7.67. The fraction of sp³-hybridized carbons (Fsp3) is 0.500. The lowest BCUT2D eigenvalue weighted by Crippen LogP contribution is -2.37. The number of anilines is 2. The van der Waals surface area contributed by atoms with Gasteiger partial charge in [0, 0.05) is 4.91 Å². The molecule has 2 saturated heterocycles. The van der Waals surface area contributed by atoms with E-state index in [9.17, 15) is 29.6 Å². The summed E-state index contributed by atoms with van der Waals surface area (Å²) >= 11 is 0. The van der Waals surface area contributed by atoms with Crippen molar-refractivity contribution in [3.05, 3.63) is 39.8 Å². The minimum absolute atomic E-state index is 0.0797. The molecule has 44 heavy (non-hydrogen) atoms. The lowest BCUT2D eigenvalue weighted by atomic mass is 10.1. The number of aliphatic hydroxyl groups excluding tert-OH is 2. The summed E-state index contributed by atoms with van der Waals surface area (Å²) in [5.41, 5.74) is 17.9. The number of phosphoric acid groups is 1. The molecule has 9 N–H and O–H groups in total. The molecule has 3 aliphatic rings. The highest BCUT2D eigenvalue weighted by Crippen LogP contribution is 2.62. The van der Waals surface area contributed by atoms with Crippen LogP contribution in [0.25, 0.3) is 32.8 Å². The first-order chi connectivity index (χ1) is 21.0. The largest absolute Gasteiger partial charge is 0.473 e. The Morgan fingerprint density at radius 2 is 1.86 bits per heavy atom. The molecule has 4 aromatic rings. The minimum atomic E-state index is -5.20. The molecule has 1 saturated carbocycles. The second kappa shape index (κ2) is 9.87. The van der Waals surface area contributed by atoms with E-state index in [0.717, 1.165) is 10.9 Å². The van der Waals surface area contributed by atoms with Gasteiger partial charge in [0.15, 0.2) is 40.7 Å². The number of hydrogen-bond donors (Lipinski definition) is 7. The van der Waals surface area contributed by atoms with E-state index in [-0.39, 0.29) is 34.1 Å². The molecular weight excluding hydrogens is 613 g/mol. The summed E-state index contributed by atoms with van der Waals surface area (Å²) in [6, 6.07) is -1.40. The fourth-order valence-electron chi connectivity index (χ4n) is 5.57. The first-order valence-corrected chi connectivity index (χ1v) is 14.2. The van der Waals surface area contributed by atoms with Crippen molar-refractivity contribution in [3.63, 3.8) is 0 Å². The van der Waals surface area contributed by atoms with E-state index in [4.69, 9.17) is 35.5 Å². The molecule has 3 fully saturated rings. The monoisotopic (exact) mass is 635 g/mol. The Hall–Kier alpha value is -4.28. The highest BCUT2D eigenvalue weighted by atomic mass is 31.2. The number of aromatic amines is 1. The van der Waals surface area contributed by atoms with Crippen LogP contribution < -0.4 is 17.0 Å². The Balaban J connectivity index is 1.14. The van der Waals surface area contributed by atoms with Crippen molar-refractivity contribution in [2.75, 3.05) is 18.1 Å². The van der Waals surface area contributed by atoms with Gasteiger partial charge in [-0.25, -0.2) is 24.5 Å². The lowest BCUT2D eigenvalue weighted by Gasteiger charge is -2.26. The molecule has 6 heterocycles. The molecule has 3 unspecified atom stereocenters. The zero-order chi connectivity index (χ0) is 31.1. The van der Waals surface area contributed by atoms with Gasteiger partial charge in [-0.15, -0.1) is 0 Å². The smallest absolute Gasteiger partial charge is 0.394 e. The van der Waals surface area contributed by atoms with E-state index in [2.05, 4.69) is 39.9 Å². The quantitative estimate of drug-likeness (QED) is 0.0457. The second-order valence-corrected chi connectivity index (χ2v) is 11.5. The zero-order valence-electron chi connectivity index (χ0n) is 21.9. The van der Waals surface area contributed by atoms with Crippen molar-refractivity contribution in [2.45, 2.75) is 54.6 Å². The minimum Gasteiger partial charge on any atom is -0.394 e. The third-order valence-corrected chi connectivity index (χ3v) is 8.68. The number of imidazole rings is 2. The van der Waals surface area contributed by atoms with Gasteiger partial charge in [0.1, 0.15) is 36.3 Å². The molecule has 1 aliphatic carbocycles. The number of nitrogens with two attached hydrogens (primary N) is 2. The number of hydrogen-bond acceptors (Lipinski definition) is 17. The van der Waals surface area contributed by atoms with E-state index in [1.165, 1.54) is 17.2 Å². The van der Waals surface area contributed by atoms with Crippen molar-refractivity contribution in [1.82, 2.24) is 39.0 Å². The topological polar surface area (TPSA) is 343 Å². The number of aromatic nitrogens is 8. The summed E-state index contributed by atoms with van der Waals surface area (Å²) in [6.45, 7) is -0.704. The number of H-pyrrole nitrogens is 1. The molecule has 0 amide bonds. The fourth-order valence-corrected chi connectivity index (χ4v) is 6.73. The van der Waals surface area contributed by atoms with Crippen molar-refractivity contribution in [2.24, 2.45) is 5.11 Å². The Morgan fingerprint density at radius 1 is 1.14 bits per heavy atom. The van der Waals surface area contributed by atoms with Crippen LogP contribution in [0.5, 0.6) is 0 Å². The maximum absolute atomic E-state index is 13.3. The summed E-state index contributed by atoms with van der Waals surface area (Å²) in [5, 5.41) is 35.5. The van der Waals surface area contributed by atoms with Crippen LogP contribution in [0.2, 0.25) is 0 Å². The number of aliphatic hydroxyl groups is 3. The van der Waals surface area contributed by atoms with Crippen LogP contribution in [0.3, 0.4) is 0 Å². The predicted molar refractivity (Wildman–Crippen MR) is 141 cm³/mol. The normalized spacial score (nSPS) is 34.2. The first-order valence-electron chi connectivity index (χ1n) is 12.7. The Morgan fingerprint density at radius 3 is 2.55 bits per heavy atom. The van der Waals surface area contributed by atoms with E-state index in [0.29, 0.717) is 0 Å². The summed E-state index contributed by atoms with van der Waals surface area (Å²) in [5.74, 6) is -0.192. The SMILES string of the molecule is [N-]=[N+]=NC1[C@@H](OP(=O)(O)OC2[C@H]3O[C@@H](n4cnc5c(N)ncnc54)[C@H](O)[C@@]23O)[C@H](n2cnc3c(=O)[nH]c(N)nc32)O[C@@H]1CO. The molecule has 24 heteroatoms. The van der Waals surface area contributed by atoms with Crippen LogP contribution in [-0.2, 0) is 23.1 Å². The average molecular weight is 635 g/mol.